The van der Waals surface area contributed by atoms with Gasteiger partial charge < -0.3 is 14.9 Å². The number of aliphatic hydroxyl groups excluding tert-OH is 1. The molecule has 19 heavy (non-hydrogen) atoms. The highest BCUT2D eigenvalue weighted by Gasteiger charge is 2.26. The molecular formula is C13H19N5O. The lowest BCUT2D eigenvalue weighted by molar-refractivity contribution is 0.190. The molecule has 6 nitrogen and oxygen atoms in total. The number of likely N-dealkylation sites (N-methyl/N-ethyl adjacent to an activating group) is 1. The van der Waals surface area contributed by atoms with Gasteiger partial charge in [-0.25, -0.2) is 9.97 Å². The molecule has 1 aliphatic rings. The molecule has 1 N–H and O–H groups in total. The predicted molar refractivity (Wildman–Crippen MR) is 71.8 cm³/mol. The molecule has 6 heteroatoms. The first-order chi connectivity index (χ1) is 9.17. The molecule has 0 amide bonds. The lowest BCUT2D eigenvalue weighted by Gasteiger charge is -2.40. The molecule has 2 rings (SSSR count). The smallest absolute Gasteiger partial charge is 0.146 e. The quantitative estimate of drug-likeness (QED) is 0.827. The zero-order chi connectivity index (χ0) is 13.8. The minimum absolute atomic E-state index is 0.0184. The number of aromatic nitrogens is 2. The van der Waals surface area contributed by atoms with Crippen LogP contribution in [0.3, 0.4) is 0 Å². The van der Waals surface area contributed by atoms with Gasteiger partial charge in [0, 0.05) is 32.1 Å². The number of rotatable bonds is 3. The molecule has 1 fully saturated rings. The van der Waals surface area contributed by atoms with Crippen LogP contribution < -0.4 is 4.90 Å². The van der Waals surface area contributed by atoms with Gasteiger partial charge in [-0.15, -0.1) is 0 Å². The van der Waals surface area contributed by atoms with Crippen LogP contribution >= 0.6 is 0 Å². The molecule has 0 radical (unpaired) electrons. The van der Waals surface area contributed by atoms with Gasteiger partial charge in [-0.2, -0.15) is 5.26 Å². The third-order valence-corrected chi connectivity index (χ3v) is 3.38. The summed E-state index contributed by atoms with van der Waals surface area (Å²) in [6.45, 7) is 4.56. The lowest BCUT2D eigenvalue weighted by atomic mass is 10.2. The fourth-order valence-corrected chi connectivity index (χ4v) is 2.31. The first-order valence-corrected chi connectivity index (χ1v) is 6.52. The second-order valence-corrected chi connectivity index (χ2v) is 4.79. The van der Waals surface area contributed by atoms with Gasteiger partial charge >= 0.3 is 0 Å². The predicted octanol–water partition coefficient (Wildman–Crippen LogP) is 0.0234. The Bertz CT molecular complexity index is 484. The van der Waals surface area contributed by atoms with Gasteiger partial charge in [0.15, 0.2) is 0 Å². The molecule has 2 heterocycles. The van der Waals surface area contributed by atoms with Gasteiger partial charge in [-0.1, -0.05) is 6.92 Å². The fraction of sp³-hybridized carbons (Fsp3) is 0.615. The normalized spacial score (nSPS) is 20.3. The summed E-state index contributed by atoms with van der Waals surface area (Å²) >= 11 is 0. The van der Waals surface area contributed by atoms with E-state index in [0.717, 1.165) is 25.5 Å². The second-order valence-electron chi connectivity index (χ2n) is 4.79. The van der Waals surface area contributed by atoms with E-state index in [4.69, 9.17) is 5.26 Å². The monoisotopic (exact) mass is 261 g/mol. The van der Waals surface area contributed by atoms with Gasteiger partial charge in [-0.05, 0) is 7.05 Å². The van der Waals surface area contributed by atoms with Crippen molar-refractivity contribution in [3.63, 3.8) is 0 Å². The van der Waals surface area contributed by atoms with Crippen LogP contribution in [0.2, 0.25) is 0 Å². The number of piperazine rings is 1. The molecule has 1 aromatic heterocycles. The Kier molecular flexibility index (Phi) is 4.30. The van der Waals surface area contributed by atoms with E-state index in [0.29, 0.717) is 17.9 Å². The van der Waals surface area contributed by atoms with Crippen LogP contribution in [0.4, 0.5) is 5.82 Å². The van der Waals surface area contributed by atoms with Crippen LogP contribution in [0, 0.1) is 11.3 Å². The molecule has 0 spiro atoms. The largest absolute Gasteiger partial charge is 0.394 e. The molecule has 102 valence electrons. The number of aryl methyl sites for hydroxylation is 1. The molecule has 0 aromatic carbocycles. The van der Waals surface area contributed by atoms with Crippen molar-refractivity contribution in [3.8, 4) is 6.07 Å². The summed E-state index contributed by atoms with van der Waals surface area (Å²) in [6.07, 6.45) is 0.694. The Balaban J connectivity index is 2.32. The third kappa shape index (κ3) is 3.00. The molecule has 1 aliphatic heterocycles. The van der Waals surface area contributed by atoms with E-state index >= 15 is 0 Å². The van der Waals surface area contributed by atoms with Crippen LogP contribution in [0.25, 0.3) is 0 Å². The summed E-state index contributed by atoms with van der Waals surface area (Å²) in [6, 6.07) is 3.79. The number of nitriles is 1. The van der Waals surface area contributed by atoms with Crippen molar-refractivity contribution in [1.29, 1.82) is 5.26 Å². The maximum absolute atomic E-state index is 9.52. The van der Waals surface area contributed by atoms with Gasteiger partial charge in [0.2, 0.25) is 0 Å². The van der Waals surface area contributed by atoms with Crippen LogP contribution in [-0.4, -0.2) is 59.3 Å². The minimum atomic E-state index is 0.0184. The van der Waals surface area contributed by atoms with E-state index in [1.54, 1.807) is 6.07 Å². The highest BCUT2D eigenvalue weighted by Crippen LogP contribution is 2.19. The molecule has 1 saturated heterocycles. The standard InChI is InChI=1S/C13H19N5O/c1-3-12-15-10(7-14)6-13(16-12)18-5-4-17(2)8-11(18)9-19/h6,11,19H,3-5,8-9H2,1-2H3. The molecule has 0 aliphatic carbocycles. The zero-order valence-electron chi connectivity index (χ0n) is 11.4. The SMILES string of the molecule is CCc1nc(C#N)cc(N2CCN(C)CC2CO)n1. The summed E-state index contributed by atoms with van der Waals surface area (Å²) in [5, 5.41) is 18.5. The second kappa shape index (κ2) is 5.95. The molecule has 1 atom stereocenters. The summed E-state index contributed by atoms with van der Waals surface area (Å²) in [5.41, 5.74) is 0.387. The highest BCUT2D eigenvalue weighted by atomic mass is 16.3. The highest BCUT2D eigenvalue weighted by molar-refractivity contribution is 5.44. The minimum Gasteiger partial charge on any atom is -0.394 e. The van der Waals surface area contributed by atoms with E-state index in [-0.39, 0.29) is 12.6 Å². The average molecular weight is 261 g/mol. The molecule has 0 saturated carbocycles. The Labute approximate surface area is 113 Å². The number of hydrogen-bond donors (Lipinski definition) is 1. The van der Waals surface area contributed by atoms with E-state index in [9.17, 15) is 5.11 Å². The molecule has 1 aromatic rings. The fourth-order valence-electron chi connectivity index (χ4n) is 2.31. The molecule has 1 unspecified atom stereocenters. The first-order valence-electron chi connectivity index (χ1n) is 6.52. The van der Waals surface area contributed by atoms with Gasteiger partial charge in [0.05, 0.1) is 12.6 Å². The van der Waals surface area contributed by atoms with E-state index in [1.807, 2.05) is 14.0 Å². The Morgan fingerprint density at radius 2 is 2.26 bits per heavy atom. The van der Waals surface area contributed by atoms with Gasteiger partial charge in [-0.3, -0.25) is 0 Å². The number of anilines is 1. The van der Waals surface area contributed by atoms with Crippen LogP contribution in [-0.2, 0) is 6.42 Å². The van der Waals surface area contributed by atoms with Crippen LogP contribution in [0.15, 0.2) is 6.07 Å². The van der Waals surface area contributed by atoms with Crippen molar-refractivity contribution in [2.24, 2.45) is 0 Å². The van der Waals surface area contributed by atoms with Crippen molar-refractivity contribution in [2.75, 3.05) is 38.2 Å². The van der Waals surface area contributed by atoms with E-state index in [1.165, 1.54) is 0 Å². The van der Waals surface area contributed by atoms with Crippen molar-refractivity contribution >= 4 is 5.82 Å². The first kappa shape index (κ1) is 13.7. The maximum atomic E-state index is 9.52. The average Bonchev–Trinajstić information content (AvgIpc) is 2.46. The topological polar surface area (TPSA) is 76.3 Å². The Morgan fingerprint density at radius 3 is 2.89 bits per heavy atom. The van der Waals surface area contributed by atoms with Crippen molar-refractivity contribution in [1.82, 2.24) is 14.9 Å². The van der Waals surface area contributed by atoms with Crippen LogP contribution in [0.1, 0.15) is 18.4 Å². The number of aliphatic hydroxyl groups is 1. The lowest BCUT2D eigenvalue weighted by Crippen LogP contribution is -2.54. The van der Waals surface area contributed by atoms with Gasteiger partial charge in [0.1, 0.15) is 23.4 Å². The van der Waals surface area contributed by atoms with Crippen molar-refractivity contribution in [2.45, 2.75) is 19.4 Å². The number of nitrogens with zero attached hydrogens (tertiary/aromatic N) is 5. The van der Waals surface area contributed by atoms with Crippen LogP contribution in [0.5, 0.6) is 0 Å². The number of hydrogen-bond acceptors (Lipinski definition) is 6. The Morgan fingerprint density at radius 1 is 1.47 bits per heavy atom. The summed E-state index contributed by atoms with van der Waals surface area (Å²) < 4.78 is 0. The van der Waals surface area contributed by atoms with E-state index in [2.05, 4.69) is 25.8 Å². The summed E-state index contributed by atoms with van der Waals surface area (Å²) in [7, 11) is 2.04. The zero-order valence-corrected chi connectivity index (χ0v) is 11.4. The van der Waals surface area contributed by atoms with Gasteiger partial charge in [0.25, 0.3) is 0 Å². The third-order valence-electron chi connectivity index (χ3n) is 3.38. The van der Waals surface area contributed by atoms with Crippen molar-refractivity contribution < 1.29 is 5.11 Å². The maximum Gasteiger partial charge on any atom is 0.146 e. The molecular weight excluding hydrogens is 242 g/mol. The van der Waals surface area contributed by atoms with Crippen molar-refractivity contribution in [3.05, 3.63) is 17.6 Å². The summed E-state index contributed by atoms with van der Waals surface area (Å²) in [5.74, 6) is 1.42. The molecule has 0 bridgehead atoms. The van der Waals surface area contributed by atoms with E-state index < -0.39 is 0 Å². The Hall–Kier alpha value is -1.71. The summed E-state index contributed by atoms with van der Waals surface area (Å²) in [4.78, 5) is 12.9.